The van der Waals surface area contributed by atoms with Gasteiger partial charge < -0.3 is 10.1 Å². The van der Waals surface area contributed by atoms with Crippen LogP contribution in [0.1, 0.15) is 34.3 Å². The number of ketones is 1. The highest BCUT2D eigenvalue weighted by Gasteiger charge is 2.23. The van der Waals surface area contributed by atoms with Crippen molar-refractivity contribution in [2.75, 3.05) is 13.7 Å². The van der Waals surface area contributed by atoms with E-state index in [9.17, 15) is 4.79 Å². The van der Waals surface area contributed by atoms with Crippen molar-refractivity contribution in [2.24, 2.45) is 0 Å². The van der Waals surface area contributed by atoms with Crippen LogP contribution in [0.5, 0.6) is 5.75 Å². The molecule has 1 aromatic rings. The highest BCUT2D eigenvalue weighted by molar-refractivity contribution is 6.01. The Balaban J connectivity index is 2.19. The molecule has 92 valence electrons. The number of carbonyl (C=O) groups excluding carboxylic acids is 1. The highest BCUT2D eigenvalue weighted by Crippen LogP contribution is 2.25. The van der Waals surface area contributed by atoms with E-state index in [0.717, 1.165) is 11.1 Å². The number of Topliss-reactive ketones (excluding diaryl/α,β-unsaturated/α-hetero) is 1. The van der Waals surface area contributed by atoms with Crippen LogP contribution in [0, 0.1) is 13.8 Å². The maximum atomic E-state index is 12.1. The van der Waals surface area contributed by atoms with Crippen LogP contribution in [0.25, 0.3) is 0 Å². The Labute approximate surface area is 102 Å². The second-order valence-electron chi connectivity index (χ2n) is 4.74. The minimum atomic E-state index is 0.117. The zero-order valence-electron chi connectivity index (χ0n) is 10.7. The van der Waals surface area contributed by atoms with Gasteiger partial charge in [-0.2, -0.15) is 0 Å². The molecule has 0 heterocycles. The van der Waals surface area contributed by atoms with Crippen LogP contribution in [-0.2, 0) is 0 Å². The lowest BCUT2D eigenvalue weighted by Gasteiger charge is -2.12. The SMILES string of the molecule is COc1cc(C)cc(C)c1C(=O)CNC1CC1. The first kappa shape index (κ1) is 12.1. The minimum Gasteiger partial charge on any atom is -0.496 e. The molecule has 0 aliphatic heterocycles. The van der Waals surface area contributed by atoms with Gasteiger partial charge >= 0.3 is 0 Å². The lowest BCUT2D eigenvalue weighted by Crippen LogP contribution is -2.25. The number of methoxy groups -OCH3 is 1. The zero-order valence-corrected chi connectivity index (χ0v) is 10.7. The molecule has 1 fully saturated rings. The van der Waals surface area contributed by atoms with Crippen molar-refractivity contribution in [3.05, 3.63) is 28.8 Å². The van der Waals surface area contributed by atoms with E-state index in [4.69, 9.17) is 4.74 Å². The summed E-state index contributed by atoms with van der Waals surface area (Å²) in [6, 6.07) is 4.49. The molecule has 17 heavy (non-hydrogen) atoms. The topological polar surface area (TPSA) is 38.3 Å². The molecule has 3 nitrogen and oxygen atoms in total. The summed E-state index contributed by atoms with van der Waals surface area (Å²) in [4.78, 5) is 12.1. The number of aryl methyl sites for hydroxylation is 2. The van der Waals surface area contributed by atoms with E-state index in [1.54, 1.807) is 7.11 Å². The van der Waals surface area contributed by atoms with Crippen LogP contribution in [0.2, 0.25) is 0 Å². The monoisotopic (exact) mass is 233 g/mol. The molecule has 1 aliphatic carbocycles. The summed E-state index contributed by atoms with van der Waals surface area (Å²) in [5.41, 5.74) is 2.82. The Bertz CT molecular complexity index is 436. The number of benzene rings is 1. The summed E-state index contributed by atoms with van der Waals surface area (Å²) in [7, 11) is 1.61. The molecule has 0 atom stereocenters. The van der Waals surface area contributed by atoms with Gasteiger partial charge in [0, 0.05) is 6.04 Å². The van der Waals surface area contributed by atoms with Gasteiger partial charge in [-0.05, 0) is 43.9 Å². The van der Waals surface area contributed by atoms with Crippen molar-refractivity contribution in [2.45, 2.75) is 32.7 Å². The van der Waals surface area contributed by atoms with Crippen molar-refractivity contribution in [3.8, 4) is 5.75 Å². The quantitative estimate of drug-likeness (QED) is 0.793. The van der Waals surface area contributed by atoms with Crippen molar-refractivity contribution in [3.63, 3.8) is 0 Å². The fraction of sp³-hybridized carbons (Fsp3) is 0.500. The van der Waals surface area contributed by atoms with Gasteiger partial charge in [0.15, 0.2) is 5.78 Å². The fourth-order valence-corrected chi connectivity index (χ4v) is 2.06. The number of ether oxygens (including phenoxy) is 1. The third kappa shape index (κ3) is 2.86. The average molecular weight is 233 g/mol. The Morgan fingerprint density at radius 1 is 1.41 bits per heavy atom. The molecule has 0 saturated heterocycles. The van der Waals surface area contributed by atoms with Crippen molar-refractivity contribution in [1.82, 2.24) is 5.32 Å². The van der Waals surface area contributed by atoms with Crippen LogP contribution in [-0.4, -0.2) is 25.5 Å². The van der Waals surface area contributed by atoms with Gasteiger partial charge in [-0.3, -0.25) is 4.79 Å². The van der Waals surface area contributed by atoms with E-state index >= 15 is 0 Å². The molecule has 0 spiro atoms. The molecule has 0 amide bonds. The molecule has 1 aliphatic rings. The van der Waals surface area contributed by atoms with Crippen molar-refractivity contribution in [1.29, 1.82) is 0 Å². The van der Waals surface area contributed by atoms with Gasteiger partial charge in [-0.25, -0.2) is 0 Å². The summed E-state index contributed by atoms with van der Waals surface area (Å²) in [5.74, 6) is 0.802. The molecule has 0 unspecified atom stereocenters. The lowest BCUT2D eigenvalue weighted by atomic mass is 10.0. The Morgan fingerprint density at radius 2 is 2.12 bits per heavy atom. The van der Waals surface area contributed by atoms with E-state index in [1.807, 2.05) is 26.0 Å². The first-order valence-electron chi connectivity index (χ1n) is 6.03. The first-order chi connectivity index (χ1) is 8.11. The van der Waals surface area contributed by atoms with Crippen molar-refractivity contribution < 1.29 is 9.53 Å². The number of carbonyl (C=O) groups is 1. The summed E-state index contributed by atoms with van der Waals surface area (Å²) in [6.45, 7) is 4.37. The number of hydrogen-bond acceptors (Lipinski definition) is 3. The van der Waals surface area contributed by atoms with E-state index in [0.29, 0.717) is 23.9 Å². The van der Waals surface area contributed by atoms with Gasteiger partial charge in [0.2, 0.25) is 0 Å². The highest BCUT2D eigenvalue weighted by atomic mass is 16.5. The van der Waals surface area contributed by atoms with Crippen LogP contribution in [0.15, 0.2) is 12.1 Å². The van der Waals surface area contributed by atoms with E-state index in [2.05, 4.69) is 5.32 Å². The molecule has 0 aromatic heterocycles. The van der Waals surface area contributed by atoms with Gasteiger partial charge in [0.1, 0.15) is 5.75 Å². The first-order valence-corrected chi connectivity index (χ1v) is 6.03. The Kier molecular flexibility index (Phi) is 3.48. The van der Waals surface area contributed by atoms with Gasteiger partial charge in [0.05, 0.1) is 19.2 Å². The minimum absolute atomic E-state index is 0.117. The second kappa shape index (κ2) is 4.88. The molecule has 0 bridgehead atoms. The molecular weight excluding hydrogens is 214 g/mol. The molecular formula is C14H19NO2. The molecule has 0 radical (unpaired) electrons. The van der Waals surface area contributed by atoms with Gasteiger partial charge in [0.25, 0.3) is 0 Å². The largest absolute Gasteiger partial charge is 0.496 e. The maximum absolute atomic E-state index is 12.1. The van der Waals surface area contributed by atoms with Crippen LogP contribution >= 0.6 is 0 Å². The summed E-state index contributed by atoms with van der Waals surface area (Å²) in [6.07, 6.45) is 2.38. The molecule has 2 rings (SSSR count). The van der Waals surface area contributed by atoms with Crippen LogP contribution < -0.4 is 10.1 Å². The maximum Gasteiger partial charge on any atom is 0.180 e. The number of rotatable bonds is 5. The zero-order chi connectivity index (χ0) is 12.4. The van der Waals surface area contributed by atoms with Crippen LogP contribution in [0.3, 0.4) is 0 Å². The van der Waals surface area contributed by atoms with E-state index in [-0.39, 0.29) is 5.78 Å². The number of nitrogens with one attached hydrogen (secondary N) is 1. The Morgan fingerprint density at radius 3 is 2.71 bits per heavy atom. The predicted molar refractivity (Wildman–Crippen MR) is 67.8 cm³/mol. The summed E-state index contributed by atoms with van der Waals surface area (Å²) < 4.78 is 5.30. The van der Waals surface area contributed by atoms with Gasteiger partial charge in [-0.1, -0.05) is 6.07 Å². The smallest absolute Gasteiger partial charge is 0.180 e. The van der Waals surface area contributed by atoms with E-state index in [1.165, 1.54) is 12.8 Å². The third-order valence-electron chi connectivity index (χ3n) is 3.07. The Hall–Kier alpha value is -1.35. The number of hydrogen-bond donors (Lipinski definition) is 1. The van der Waals surface area contributed by atoms with Crippen LogP contribution in [0.4, 0.5) is 0 Å². The third-order valence-corrected chi connectivity index (χ3v) is 3.07. The molecule has 3 heteroatoms. The average Bonchev–Trinajstić information content (AvgIpc) is 3.08. The normalized spacial score (nSPS) is 14.8. The summed E-state index contributed by atoms with van der Waals surface area (Å²) >= 11 is 0. The second-order valence-corrected chi connectivity index (χ2v) is 4.74. The van der Waals surface area contributed by atoms with E-state index < -0.39 is 0 Å². The summed E-state index contributed by atoms with van der Waals surface area (Å²) in [5, 5.41) is 3.24. The predicted octanol–water partition coefficient (Wildman–Crippen LogP) is 2.25. The molecule has 1 saturated carbocycles. The fourth-order valence-electron chi connectivity index (χ4n) is 2.06. The molecule has 1 N–H and O–H groups in total. The van der Waals surface area contributed by atoms with Gasteiger partial charge in [-0.15, -0.1) is 0 Å². The molecule has 1 aromatic carbocycles. The van der Waals surface area contributed by atoms with Crippen molar-refractivity contribution >= 4 is 5.78 Å². The lowest BCUT2D eigenvalue weighted by molar-refractivity contribution is 0.0987. The standard InChI is InChI=1S/C14H19NO2/c1-9-6-10(2)14(13(7-9)17-3)12(16)8-15-11-4-5-11/h6-7,11,15H,4-5,8H2,1-3H3.